The van der Waals surface area contributed by atoms with Crippen LogP contribution >= 0.6 is 0 Å². The van der Waals surface area contributed by atoms with Gasteiger partial charge in [-0.1, -0.05) is 6.07 Å². The molecule has 0 saturated carbocycles. The summed E-state index contributed by atoms with van der Waals surface area (Å²) in [6.07, 6.45) is 3.53. The number of aromatic nitrogens is 4. The standard InChI is InChI=1S/C20H20N6O3/c27-20(15-3-1-4-16-19(15)29-14-13-28-16)25-11-9-24(10-12-25)17-5-6-18(23-22-17)26-8-2-7-21-26/h1-8H,9-14H2. The Bertz CT molecular complexity index is 998. The van der Waals surface area contributed by atoms with Crippen LogP contribution in [-0.4, -0.2) is 70.2 Å². The molecule has 2 aromatic heterocycles. The minimum Gasteiger partial charge on any atom is -0.486 e. The number of benzene rings is 1. The highest BCUT2D eigenvalue weighted by molar-refractivity contribution is 5.98. The van der Waals surface area contributed by atoms with Crippen molar-refractivity contribution in [2.45, 2.75) is 0 Å². The Kier molecular flexibility index (Phi) is 4.47. The number of amides is 1. The topological polar surface area (TPSA) is 85.6 Å². The van der Waals surface area contributed by atoms with Crippen LogP contribution in [0.1, 0.15) is 10.4 Å². The maximum Gasteiger partial charge on any atom is 0.257 e. The van der Waals surface area contributed by atoms with Crippen molar-refractivity contribution in [3.05, 3.63) is 54.4 Å². The summed E-state index contributed by atoms with van der Waals surface area (Å²) in [5, 5.41) is 12.7. The first kappa shape index (κ1) is 17.5. The highest BCUT2D eigenvalue weighted by Gasteiger charge is 2.27. The third-order valence-corrected chi connectivity index (χ3v) is 5.06. The number of anilines is 1. The van der Waals surface area contributed by atoms with E-state index in [0.29, 0.717) is 62.3 Å². The van der Waals surface area contributed by atoms with E-state index in [0.717, 1.165) is 5.82 Å². The number of carbonyl (C=O) groups excluding carboxylic acids is 1. The predicted molar refractivity (Wildman–Crippen MR) is 105 cm³/mol. The van der Waals surface area contributed by atoms with Crippen molar-refractivity contribution in [2.75, 3.05) is 44.3 Å². The fourth-order valence-corrected chi connectivity index (χ4v) is 3.56. The molecule has 148 valence electrons. The van der Waals surface area contributed by atoms with Crippen molar-refractivity contribution in [3.63, 3.8) is 0 Å². The average molecular weight is 392 g/mol. The SMILES string of the molecule is O=C(c1cccc2c1OCCO2)N1CCN(c2ccc(-n3cccn3)nn2)CC1. The first-order chi connectivity index (χ1) is 14.3. The summed E-state index contributed by atoms with van der Waals surface area (Å²) >= 11 is 0. The van der Waals surface area contributed by atoms with Crippen LogP contribution in [0.25, 0.3) is 5.82 Å². The molecule has 3 aromatic rings. The first-order valence-electron chi connectivity index (χ1n) is 9.56. The van der Waals surface area contributed by atoms with E-state index >= 15 is 0 Å². The number of hydrogen-bond acceptors (Lipinski definition) is 7. The fraction of sp³-hybridized carbons (Fsp3) is 0.300. The second-order valence-corrected chi connectivity index (χ2v) is 6.81. The average Bonchev–Trinajstić information content (AvgIpc) is 3.33. The van der Waals surface area contributed by atoms with Crippen LogP contribution in [0.3, 0.4) is 0 Å². The lowest BCUT2D eigenvalue weighted by Crippen LogP contribution is -2.49. The number of hydrogen-bond donors (Lipinski definition) is 0. The Balaban J connectivity index is 1.25. The van der Waals surface area contributed by atoms with Crippen molar-refractivity contribution in [3.8, 4) is 17.3 Å². The number of para-hydroxylation sites is 1. The van der Waals surface area contributed by atoms with Crippen LogP contribution in [0.2, 0.25) is 0 Å². The number of rotatable bonds is 3. The molecule has 0 unspecified atom stereocenters. The van der Waals surface area contributed by atoms with Crippen molar-refractivity contribution in [1.29, 1.82) is 0 Å². The Morgan fingerprint density at radius 1 is 0.897 bits per heavy atom. The molecule has 2 aliphatic heterocycles. The lowest BCUT2D eigenvalue weighted by Gasteiger charge is -2.35. The van der Waals surface area contributed by atoms with Gasteiger partial charge < -0.3 is 19.3 Å². The van der Waals surface area contributed by atoms with Gasteiger partial charge in [-0.25, -0.2) is 4.68 Å². The number of piperazine rings is 1. The van der Waals surface area contributed by atoms with Crippen molar-refractivity contribution in [2.24, 2.45) is 0 Å². The minimum atomic E-state index is -0.0351. The van der Waals surface area contributed by atoms with E-state index in [9.17, 15) is 4.79 Å². The zero-order chi connectivity index (χ0) is 19.6. The zero-order valence-electron chi connectivity index (χ0n) is 15.8. The highest BCUT2D eigenvalue weighted by atomic mass is 16.6. The van der Waals surface area contributed by atoms with Gasteiger partial charge in [-0.3, -0.25) is 4.79 Å². The van der Waals surface area contributed by atoms with Gasteiger partial charge in [0.15, 0.2) is 23.1 Å². The summed E-state index contributed by atoms with van der Waals surface area (Å²) in [4.78, 5) is 17.0. The van der Waals surface area contributed by atoms with Crippen LogP contribution in [0.15, 0.2) is 48.8 Å². The smallest absolute Gasteiger partial charge is 0.257 e. The Hall–Kier alpha value is -3.62. The molecule has 9 heteroatoms. The van der Waals surface area contributed by atoms with Gasteiger partial charge in [-0.05, 0) is 30.3 Å². The summed E-state index contributed by atoms with van der Waals surface area (Å²) < 4.78 is 12.9. The summed E-state index contributed by atoms with van der Waals surface area (Å²) in [6, 6.07) is 11.1. The molecule has 0 N–H and O–H groups in total. The van der Waals surface area contributed by atoms with E-state index in [1.807, 2.05) is 41.4 Å². The van der Waals surface area contributed by atoms with Gasteiger partial charge in [-0.15, -0.1) is 10.2 Å². The molecule has 0 spiro atoms. The van der Waals surface area contributed by atoms with Gasteiger partial charge >= 0.3 is 0 Å². The van der Waals surface area contributed by atoms with Crippen molar-refractivity contribution in [1.82, 2.24) is 24.9 Å². The third kappa shape index (κ3) is 3.35. The molecule has 4 heterocycles. The van der Waals surface area contributed by atoms with Gasteiger partial charge in [0.05, 0.1) is 5.56 Å². The molecule has 1 aromatic carbocycles. The van der Waals surface area contributed by atoms with Gasteiger partial charge in [-0.2, -0.15) is 5.10 Å². The zero-order valence-corrected chi connectivity index (χ0v) is 15.8. The largest absolute Gasteiger partial charge is 0.486 e. The molecule has 1 saturated heterocycles. The Morgan fingerprint density at radius 3 is 2.45 bits per heavy atom. The monoisotopic (exact) mass is 392 g/mol. The number of fused-ring (bicyclic) bond motifs is 1. The van der Waals surface area contributed by atoms with E-state index in [2.05, 4.69) is 20.2 Å². The molecule has 2 aliphatic rings. The third-order valence-electron chi connectivity index (χ3n) is 5.06. The van der Waals surface area contributed by atoms with E-state index in [1.165, 1.54) is 0 Å². The van der Waals surface area contributed by atoms with E-state index in [1.54, 1.807) is 16.9 Å². The number of nitrogens with zero attached hydrogens (tertiary/aromatic N) is 6. The molecule has 1 fully saturated rings. The van der Waals surface area contributed by atoms with Crippen LogP contribution in [-0.2, 0) is 0 Å². The maximum absolute atomic E-state index is 13.0. The molecule has 9 nitrogen and oxygen atoms in total. The minimum absolute atomic E-state index is 0.0351. The van der Waals surface area contributed by atoms with E-state index in [-0.39, 0.29) is 5.91 Å². The lowest BCUT2D eigenvalue weighted by molar-refractivity contribution is 0.0736. The lowest BCUT2D eigenvalue weighted by atomic mass is 10.1. The maximum atomic E-state index is 13.0. The van der Waals surface area contributed by atoms with Gasteiger partial charge in [0, 0.05) is 38.6 Å². The predicted octanol–water partition coefficient (Wildman–Crippen LogP) is 1.40. The van der Waals surface area contributed by atoms with E-state index < -0.39 is 0 Å². The normalized spacial score (nSPS) is 16.0. The van der Waals surface area contributed by atoms with Crippen LogP contribution < -0.4 is 14.4 Å². The molecule has 0 bridgehead atoms. The molecule has 0 aliphatic carbocycles. The summed E-state index contributed by atoms with van der Waals surface area (Å²) in [5.41, 5.74) is 0.555. The summed E-state index contributed by atoms with van der Waals surface area (Å²) in [6.45, 7) is 3.54. The molecule has 5 rings (SSSR count). The molecule has 1 amide bonds. The van der Waals surface area contributed by atoms with E-state index in [4.69, 9.17) is 9.47 Å². The highest BCUT2D eigenvalue weighted by Crippen LogP contribution is 2.34. The van der Waals surface area contributed by atoms with Crippen LogP contribution in [0.5, 0.6) is 11.5 Å². The molecule has 0 atom stereocenters. The number of ether oxygens (including phenoxy) is 2. The Morgan fingerprint density at radius 2 is 1.69 bits per heavy atom. The second-order valence-electron chi connectivity index (χ2n) is 6.81. The first-order valence-corrected chi connectivity index (χ1v) is 9.56. The van der Waals surface area contributed by atoms with Gasteiger partial charge in [0.1, 0.15) is 13.2 Å². The van der Waals surface area contributed by atoms with Crippen molar-refractivity contribution < 1.29 is 14.3 Å². The second kappa shape index (κ2) is 7.42. The molecular formula is C20H20N6O3. The van der Waals surface area contributed by atoms with Gasteiger partial charge in [0.25, 0.3) is 5.91 Å². The molecule has 0 radical (unpaired) electrons. The van der Waals surface area contributed by atoms with Gasteiger partial charge in [0.2, 0.25) is 0 Å². The molecular weight excluding hydrogens is 372 g/mol. The number of carbonyl (C=O) groups is 1. The van der Waals surface area contributed by atoms with Crippen molar-refractivity contribution >= 4 is 11.7 Å². The Labute approximate surface area is 167 Å². The van der Waals surface area contributed by atoms with Crippen LogP contribution in [0, 0.1) is 0 Å². The summed E-state index contributed by atoms with van der Waals surface area (Å²) in [7, 11) is 0. The fourth-order valence-electron chi connectivity index (χ4n) is 3.56. The quantitative estimate of drug-likeness (QED) is 0.666. The summed E-state index contributed by atoms with van der Waals surface area (Å²) in [5.74, 6) is 2.61. The molecule has 29 heavy (non-hydrogen) atoms. The van der Waals surface area contributed by atoms with Crippen LogP contribution in [0.4, 0.5) is 5.82 Å².